The number of anilines is 1. The molecule has 2 heterocycles. The third kappa shape index (κ3) is 5.03. The topological polar surface area (TPSA) is 83.6 Å². The molecular weight excluding hydrogens is 473 g/mol. The molecule has 0 amide bonds. The molecule has 8 nitrogen and oxygen atoms in total. The summed E-state index contributed by atoms with van der Waals surface area (Å²) in [4.78, 5) is 29.2. The molecule has 1 aliphatic heterocycles. The van der Waals surface area contributed by atoms with Gasteiger partial charge in [-0.05, 0) is 54.4 Å². The van der Waals surface area contributed by atoms with Gasteiger partial charge in [0.25, 0.3) is 0 Å². The Morgan fingerprint density at radius 1 is 0.865 bits per heavy atom. The lowest BCUT2D eigenvalue weighted by Crippen LogP contribution is -2.49. The number of hydrogen-bond acceptors (Lipinski definition) is 5. The normalized spacial score (nSPS) is 15.9. The van der Waals surface area contributed by atoms with Crippen LogP contribution in [0.4, 0.5) is 10.1 Å². The first kappa shape index (κ1) is 24.5. The van der Waals surface area contributed by atoms with Gasteiger partial charge in [-0.25, -0.2) is 18.4 Å². The molecule has 0 unspecified atom stereocenters. The molecule has 9 heteroatoms. The fraction of sp³-hybridized carbons (Fsp3) is 0.250. The minimum absolute atomic E-state index is 0.279. The highest BCUT2D eigenvalue weighted by Crippen LogP contribution is 2.25. The zero-order valence-corrected chi connectivity index (χ0v) is 20.4. The Labute approximate surface area is 213 Å². The smallest absolute Gasteiger partial charge is 0.350 e. The molecule has 1 fully saturated rings. The zero-order valence-electron chi connectivity index (χ0n) is 20.4. The van der Waals surface area contributed by atoms with Crippen molar-refractivity contribution < 1.29 is 14.3 Å². The second kappa shape index (κ2) is 10.4. The van der Waals surface area contributed by atoms with Crippen molar-refractivity contribution in [3.05, 3.63) is 113 Å². The predicted octanol–water partition coefficient (Wildman–Crippen LogP) is 3.73. The second-order valence-corrected chi connectivity index (χ2v) is 9.15. The zero-order chi connectivity index (χ0) is 25.9. The van der Waals surface area contributed by atoms with E-state index in [1.54, 1.807) is 12.1 Å². The number of carbonyl (C=O) groups is 1. The van der Waals surface area contributed by atoms with Crippen LogP contribution in [0.1, 0.15) is 30.1 Å². The van der Waals surface area contributed by atoms with Gasteiger partial charge in [-0.1, -0.05) is 42.5 Å². The molecule has 1 saturated heterocycles. The molecule has 0 spiro atoms. The van der Waals surface area contributed by atoms with Crippen LogP contribution in [0.5, 0.6) is 0 Å². The molecule has 1 aliphatic rings. The lowest BCUT2D eigenvalue weighted by Gasteiger charge is -2.39. The number of hydrogen-bond donors (Lipinski definition) is 1. The van der Waals surface area contributed by atoms with Crippen LogP contribution in [-0.4, -0.2) is 56.5 Å². The third-order valence-electron chi connectivity index (χ3n) is 6.93. The van der Waals surface area contributed by atoms with Crippen molar-refractivity contribution in [2.45, 2.75) is 19.0 Å². The second-order valence-electron chi connectivity index (χ2n) is 9.15. The number of carboxylic acid groups (broad SMARTS) is 1. The van der Waals surface area contributed by atoms with Crippen LogP contribution in [0.25, 0.3) is 5.69 Å². The van der Waals surface area contributed by atoms with E-state index >= 15 is 0 Å². The Morgan fingerprint density at radius 3 is 2.11 bits per heavy atom. The fourth-order valence-electron chi connectivity index (χ4n) is 4.85. The van der Waals surface area contributed by atoms with E-state index in [2.05, 4.69) is 10.00 Å². The summed E-state index contributed by atoms with van der Waals surface area (Å²) in [5, 5.41) is 14.1. The molecule has 0 saturated carbocycles. The first-order valence-electron chi connectivity index (χ1n) is 12.2. The van der Waals surface area contributed by atoms with Crippen molar-refractivity contribution in [3.63, 3.8) is 0 Å². The maximum Gasteiger partial charge on any atom is 0.350 e. The Bertz CT molecular complexity index is 1410. The van der Waals surface area contributed by atoms with E-state index < -0.39 is 12.0 Å². The number of carboxylic acids is 1. The van der Waals surface area contributed by atoms with Gasteiger partial charge in [-0.15, -0.1) is 0 Å². The maximum absolute atomic E-state index is 13.3. The first-order chi connectivity index (χ1) is 17.9. The molecular formula is C28H28FN5O3. The molecule has 0 radical (unpaired) electrons. The highest BCUT2D eigenvalue weighted by atomic mass is 19.1. The molecule has 2 atom stereocenters. The first-order valence-corrected chi connectivity index (χ1v) is 12.2. The average Bonchev–Trinajstić information content (AvgIpc) is 3.31. The molecule has 190 valence electrons. The summed E-state index contributed by atoms with van der Waals surface area (Å²) in [7, 11) is 0. The van der Waals surface area contributed by atoms with Crippen molar-refractivity contribution in [2.24, 2.45) is 0 Å². The summed E-state index contributed by atoms with van der Waals surface area (Å²) in [5.41, 5.74) is 3.00. The number of nitrogens with zero attached hydrogens (tertiary/aromatic N) is 5. The lowest BCUT2D eigenvalue weighted by atomic mass is 10.0. The molecule has 4 aromatic rings. The van der Waals surface area contributed by atoms with Gasteiger partial charge in [0.15, 0.2) is 0 Å². The maximum atomic E-state index is 13.3. The quantitative estimate of drug-likeness (QED) is 0.416. The standard InChI is InChI=1S/C28H28FN5O3/c1-20(21-7-9-23(29)10-8-21)34-28(37)33(19-30-34)25-13-11-24(12-14-25)31-15-17-32(18-16-31)26(27(35)36)22-5-3-2-4-6-22/h2-14,19-20,26H,15-18H2,1H3,(H,35,36)/t20-,26+/m1/s1. The van der Waals surface area contributed by atoms with E-state index in [0.717, 1.165) is 16.8 Å². The van der Waals surface area contributed by atoms with E-state index in [1.807, 2.05) is 66.4 Å². The van der Waals surface area contributed by atoms with Gasteiger partial charge in [-0.3, -0.25) is 9.69 Å². The molecule has 5 rings (SSSR count). The molecule has 0 bridgehead atoms. The van der Waals surface area contributed by atoms with E-state index in [4.69, 9.17) is 0 Å². The highest BCUT2D eigenvalue weighted by Gasteiger charge is 2.30. The summed E-state index contributed by atoms with van der Waals surface area (Å²) in [6.07, 6.45) is 1.49. The fourth-order valence-corrected chi connectivity index (χ4v) is 4.85. The number of benzene rings is 3. The van der Waals surface area contributed by atoms with Crippen molar-refractivity contribution >= 4 is 11.7 Å². The van der Waals surface area contributed by atoms with E-state index in [0.29, 0.717) is 31.9 Å². The molecule has 0 aliphatic carbocycles. The van der Waals surface area contributed by atoms with Crippen LogP contribution in [-0.2, 0) is 4.79 Å². The van der Waals surface area contributed by atoms with Gasteiger partial charge in [0.2, 0.25) is 0 Å². The van der Waals surface area contributed by atoms with Crippen LogP contribution in [0.15, 0.2) is 90.0 Å². The number of aliphatic carboxylic acids is 1. The Hall–Kier alpha value is -4.24. The molecule has 1 aromatic heterocycles. The van der Waals surface area contributed by atoms with E-state index in [-0.39, 0.29) is 17.5 Å². The van der Waals surface area contributed by atoms with Gasteiger partial charge in [0.1, 0.15) is 18.2 Å². The summed E-state index contributed by atoms with van der Waals surface area (Å²) in [6.45, 7) is 4.50. The lowest BCUT2D eigenvalue weighted by molar-refractivity contribution is -0.143. The highest BCUT2D eigenvalue weighted by molar-refractivity contribution is 5.75. The van der Waals surface area contributed by atoms with Gasteiger partial charge in [0, 0.05) is 31.9 Å². The SMILES string of the molecule is C[C@H](c1ccc(F)cc1)n1ncn(-c2ccc(N3CCN([C@H](C(=O)O)c4ccccc4)CC3)cc2)c1=O. The number of halogens is 1. The van der Waals surface area contributed by atoms with Crippen molar-refractivity contribution in [1.82, 2.24) is 19.2 Å². The Morgan fingerprint density at radius 2 is 1.49 bits per heavy atom. The van der Waals surface area contributed by atoms with Crippen LogP contribution >= 0.6 is 0 Å². The largest absolute Gasteiger partial charge is 0.480 e. The summed E-state index contributed by atoms with van der Waals surface area (Å²) in [5.74, 6) is -1.17. The van der Waals surface area contributed by atoms with Crippen LogP contribution in [0, 0.1) is 5.82 Å². The summed E-state index contributed by atoms with van der Waals surface area (Å²) in [6, 6.07) is 22.0. The van der Waals surface area contributed by atoms with Crippen molar-refractivity contribution in [2.75, 3.05) is 31.1 Å². The molecule has 3 aromatic carbocycles. The predicted molar refractivity (Wildman–Crippen MR) is 139 cm³/mol. The van der Waals surface area contributed by atoms with Gasteiger partial charge >= 0.3 is 11.7 Å². The Kier molecular flexibility index (Phi) is 6.87. The number of piperazine rings is 1. The van der Waals surface area contributed by atoms with Crippen LogP contribution in [0.2, 0.25) is 0 Å². The minimum Gasteiger partial charge on any atom is -0.480 e. The molecule has 1 N–H and O–H groups in total. The van der Waals surface area contributed by atoms with Gasteiger partial charge < -0.3 is 10.0 Å². The third-order valence-corrected chi connectivity index (χ3v) is 6.93. The van der Waals surface area contributed by atoms with E-state index in [1.165, 1.54) is 27.7 Å². The van der Waals surface area contributed by atoms with Crippen LogP contribution in [0.3, 0.4) is 0 Å². The minimum atomic E-state index is -0.844. The summed E-state index contributed by atoms with van der Waals surface area (Å²) >= 11 is 0. The number of rotatable bonds is 7. The van der Waals surface area contributed by atoms with E-state index in [9.17, 15) is 19.1 Å². The molecule has 37 heavy (non-hydrogen) atoms. The van der Waals surface area contributed by atoms with Gasteiger partial charge in [0.05, 0.1) is 11.7 Å². The van der Waals surface area contributed by atoms with Crippen molar-refractivity contribution in [3.8, 4) is 5.69 Å². The number of aromatic nitrogens is 3. The average molecular weight is 502 g/mol. The monoisotopic (exact) mass is 501 g/mol. The summed E-state index contributed by atoms with van der Waals surface area (Å²) < 4.78 is 16.1. The Balaban J connectivity index is 1.27. The van der Waals surface area contributed by atoms with Gasteiger partial charge in [-0.2, -0.15) is 5.10 Å². The van der Waals surface area contributed by atoms with Crippen molar-refractivity contribution in [1.29, 1.82) is 0 Å². The van der Waals surface area contributed by atoms with Crippen LogP contribution < -0.4 is 10.6 Å².